The monoisotopic (exact) mass is 900 g/mol. The molecule has 0 rings (SSSR count). The fourth-order valence-corrected chi connectivity index (χ4v) is 6.69. The normalized spacial score (nSPS) is 14.7. The molecule has 0 fully saturated rings. The molecule has 0 aliphatic rings. The van der Waals surface area contributed by atoms with E-state index in [2.05, 4.69) is 123 Å². The molecule has 0 saturated heterocycles. The van der Waals surface area contributed by atoms with Crippen molar-refractivity contribution in [2.24, 2.45) is 5.73 Å². The summed E-state index contributed by atoms with van der Waals surface area (Å²) < 4.78 is 33.4. The van der Waals surface area contributed by atoms with Crippen molar-refractivity contribution in [3.63, 3.8) is 0 Å². The summed E-state index contributed by atoms with van der Waals surface area (Å²) in [6.07, 6.45) is 62.8. The van der Waals surface area contributed by atoms with Gasteiger partial charge in [0.2, 0.25) is 0 Å². The zero-order valence-corrected chi connectivity index (χ0v) is 40.0. The summed E-state index contributed by atoms with van der Waals surface area (Å²) in [5, 5.41) is 8.92. The second-order valence-corrected chi connectivity index (χ2v) is 16.9. The van der Waals surface area contributed by atoms with Crippen molar-refractivity contribution in [1.29, 1.82) is 0 Å². The molecule has 4 N–H and O–H groups in total. The van der Waals surface area contributed by atoms with Gasteiger partial charge in [-0.1, -0.05) is 175 Å². The third-order valence-corrected chi connectivity index (χ3v) is 10.5. The van der Waals surface area contributed by atoms with Gasteiger partial charge in [0.25, 0.3) is 0 Å². The molecular weight excluding hydrogens is 814 g/mol. The standard InChI is InChI=1S/C52H86NO9P/c1-3-5-7-9-11-13-15-17-19-21-23-24-25-27-29-31-33-35-37-39-41-43-45-59-46-49(47-60-63(57,58)61-48-50(53)52(55)56)62-51(54)44-42-40-38-36-34-32-30-28-26-22-20-18-16-14-12-10-8-6-4-2/h5-8,11-14,17-20,23-24,26,28,32,34,49-50H,3-4,9-10,15-16,21-22,25,27,29-31,33,35-48,53H2,1-2H3,(H,55,56)(H,57,58)/b7-5-,8-6-,13-11-,14-12-,19-17-,20-18-,24-23-,28-26-,34-32-. The van der Waals surface area contributed by atoms with Crippen molar-refractivity contribution in [1.82, 2.24) is 0 Å². The summed E-state index contributed by atoms with van der Waals surface area (Å²) in [4.78, 5) is 33.6. The largest absolute Gasteiger partial charge is 0.480 e. The lowest BCUT2D eigenvalue weighted by molar-refractivity contribution is -0.154. The van der Waals surface area contributed by atoms with E-state index in [0.717, 1.165) is 103 Å². The van der Waals surface area contributed by atoms with E-state index in [4.69, 9.17) is 29.4 Å². The van der Waals surface area contributed by atoms with Crippen LogP contribution < -0.4 is 5.73 Å². The van der Waals surface area contributed by atoms with Gasteiger partial charge in [0.15, 0.2) is 0 Å². The molecule has 358 valence electrons. The number of carbonyl (C=O) groups excluding carboxylic acids is 1. The Morgan fingerprint density at radius 1 is 0.508 bits per heavy atom. The van der Waals surface area contributed by atoms with E-state index in [1.54, 1.807) is 0 Å². The SMILES string of the molecule is CC/C=C\C/C=C\C/C=C\C/C=C\C/C=C\CCCCCC(=O)OC(COCCCCCCCCCCC/C=C\C/C=C\C/C=C\C/C=C\CC)COP(=O)(O)OCC(N)C(=O)O. The topological polar surface area (TPSA) is 155 Å². The molecule has 0 aliphatic heterocycles. The maximum absolute atomic E-state index is 12.7. The Balaban J connectivity index is 4.28. The summed E-state index contributed by atoms with van der Waals surface area (Å²) in [5.41, 5.74) is 5.36. The molecule has 3 unspecified atom stereocenters. The Labute approximate surface area is 382 Å². The van der Waals surface area contributed by atoms with Gasteiger partial charge in [0.1, 0.15) is 12.1 Å². The van der Waals surface area contributed by atoms with Gasteiger partial charge in [-0.25, -0.2) is 4.57 Å². The highest BCUT2D eigenvalue weighted by Gasteiger charge is 2.27. The minimum absolute atomic E-state index is 0.00857. The first-order valence-corrected chi connectivity index (χ1v) is 25.4. The molecule has 0 amide bonds. The molecular formula is C52H86NO9P. The number of nitrogens with two attached hydrogens (primary N) is 1. The first-order chi connectivity index (χ1) is 30.7. The van der Waals surface area contributed by atoms with Crippen molar-refractivity contribution >= 4 is 19.8 Å². The van der Waals surface area contributed by atoms with Crippen LogP contribution in [-0.2, 0) is 32.7 Å². The van der Waals surface area contributed by atoms with E-state index in [-0.39, 0.29) is 13.0 Å². The number of hydrogen-bond donors (Lipinski definition) is 3. The van der Waals surface area contributed by atoms with Crippen molar-refractivity contribution in [2.75, 3.05) is 26.4 Å². The van der Waals surface area contributed by atoms with Crippen LogP contribution in [0.1, 0.15) is 168 Å². The Morgan fingerprint density at radius 3 is 1.30 bits per heavy atom. The number of carboxylic acids is 1. The fourth-order valence-electron chi connectivity index (χ4n) is 5.91. The van der Waals surface area contributed by atoms with Crippen LogP contribution in [-0.4, -0.2) is 60.5 Å². The van der Waals surface area contributed by atoms with Crippen LogP contribution in [0.3, 0.4) is 0 Å². The molecule has 11 heteroatoms. The molecule has 3 atom stereocenters. The summed E-state index contributed by atoms with van der Waals surface area (Å²) >= 11 is 0. The summed E-state index contributed by atoms with van der Waals surface area (Å²) in [6, 6.07) is -1.49. The van der Waals surface area contributed by atoms with E-state index in [1.807, 2.05) is 0 Å². The van der Waals surface area contributed by atoms with Crippen molar-refractivity contribution in [3.8, 4) is 0 Å². The zero-order chi connectivity index (χ0) is 46.2. The number of hydrogen-bond acceptors (Lipinski definition) is 8. The minimum atomic E-state index is -4.64. The number of ether oxygens (including phenoxy) is 2. The number of rotatable bonds is 44. The summed E-state index contributed by atoms with van der Waals surface area (Å²) in [5.74, 6) is -1.82. The van der Waals surface area contributed by atoms with E-state index in [0.29, 0.717) is 13.0 Å². The zero-order valence-electron chi connectivity index (χ0n) is 39.1. The van der Waals surface area contributed by atoms with E-state index in [9.17, 15) is 19.0 Å². The Hall–Kier alpha value is -3.37. The van der Waals surface area contributed by atoms with Crippen molar-refractivity contribution in [3.05, 3.63) is 109 Å². The number of phosphoric acid groups is 1. The van der Waals surface area contributed by atoms with Crippen LogP contribution in [0.5, 0.6) is 0 Å². The smallest absolute Gasteiger partial charge is 0.472 e. The number of carbonyl (C=O) groups is 2. The van der Waals surface area contributed by atoms with Crippen LogP contribution in [0.2, 0.25) is 0 Å². The third kappa shape index (κ3) is 46.4. The molecule has 0 heterocycles. The number of phosphoric ester groups is 1. The van der Waals surface area contributed by atoms with Crippen LogP contribution >= 0.6 is 7.82 Å². The molecule has 0 bridgehead atoms. The van der Waals surface area contributed by atoms with Crippen LogP contribution in [0.4, 0.5) is 0 Å². The third-order valence-electron chi connectivity index (χ3n) is 9.55. The lowest BCUT2D eigenvalue weighted by Gasteiger charge is -2.20. The van der Waals surface area contributed by atoms with Gasteiger partial charge < -0.3 is 25.2 Å². The molecule has 0 spiro atoms. The van der Waals surface area contributed by atoms with Crippen LogP contribution in [0.15, 0.2) is 109 Å². The van der Waals surface area contributed by atoms with Crippen molar-refractivity contribution in [2.45, 2.75) is 180 Å². The highest BCUT2D eigenvalue weighted by Crippen LogP contribution is 2.43. The van der Waals surface area contributed by atoms with Gasteiger partial charge >= 0.3 is 19.8 Å². The number of esters is 1. The number of allylic oxidation sites excluding steroid dienone is 18. The maximum Gasteiger partial charge on any atom is 0.472 e. The summed E-state index contributed by atoms with van der Waals surface area (Å²) in [7, 11) is -4.64. The quantitative estimate of drug-likeness (QED) is 0.0233. The molecule has 0 aromatic rings. The predicted octanol–water partition coefficient (Wildman–Crippen LogP) is 13.9. The van der Waals surface area contributed by atoms with Gasteiger partial charge in [-0.3, -0.25) is 18.6 Å². The van der Waals surface area contributed by atoms with E-state index in [1.165, 1.54) is 38.5 Å². The fraction of sp³-hybridized carbons (Fsp3) is 0.615. The van der Waals surface area contributed by atoms with Crippen LogP contribution in [0, 0.1) is 0 Å². The average Bonchev–Trinajstić information content (AvgIpc) is 3.26. The first-order valence-electron chi connectivity index (χ1n) is 23.9. The average molecular weight is 900 g/mol. The lowest BCUT2D eigenvalue weighted by atomic mass is 10.1. The molecule has 10 nitrogen and oxygen atoms in total. The van der Waals surface area contributed by atoms with Gasteiger partial charge in [0, 0.05) is 13.0 Å². The minimum Gasteiger partial charge on any atom is -0.480 e. The number of unbranched alkanes of at least 4 members (excludes halogenated alkanes) is 12. The van der Waals surface area contributed by atoms with E-state index < -0.39 is 45.1 Å². The number of carboxylic acid groups (broad SMARTS) is 1. The predicted molar refractivity (Wildman–Crippen MR) is 262 cm³/mol. The summed E-state index contributed by atoms with van der Waals surface area (Å²) in [6.45, 7) is 3.58. The van der Waals surface area contributed by atoms with Crippen molar-refractivity contribution < 1.29 is 42.7 Å². The Kier molecular flexibility index (Phi) is 44.1. The molecule has 0 aliphatic carbocycles. The number of aliphatic carboxylic acids is 1. The van der Waals surface area contributed by atoms with Gasteiger partial charge in [0.05, 0.1) is 19.8 Å². The van der Waals surface area contributed by atoms with Crippen LogP contribution in [0.25, 0.3) is 0 Å². The molecule has 0 aromatic heterocycles. The van der Waals surface area contributed by atoms with Gasteiger partial charge in [-0.15, -0.1) is 0 Å². The highest BCUT2D eigenvalue weighted by atomic mass is 31.2. The second-order valence-electron chi connectivity index (χ2n) is 15.5. The Bertz CT molecular complexity index is 1410. The van der Waals surface area contributed by atoms with Gasteiger partial charge in [-0.05, 0) is 96.3 Å². The maximum atomic E-state index is 12.7. The molecule has 0 radical (unpaired) electrons. The highest BCUT2D eigenvalue weighted by molar-refractivity contribution is 7.47. The lowest BCUT2D eigenvalue weighted by Crippen LogP contribution is -2.34. The Morgan fingerprint density at radius 2 is 0.873 bits per heavy atom. The van der Waals surface area contributed by atoms with Gasteiger partial charge in [-0.2, -0.15) is 0 Å². The molecule has 0 aromatic carbocycles. The van der Waals surface area contributed by atoms with E-state index >= 15 is 0 Å². The molecule has 63 heavy (non-hydrogen) atoms. The first kappa shape index (κ1) is 59.6. The second kappa shape index (κ2) is 46.6. The molecule has 0 saturated carbocycles.